The van der Waals surface area contributed by atoms with E-state index in [4.69, 9.17) is 15.2 Å². The Bertz CT molecular complexity index is 386. The monoisotopic (exact) mass is 206 g/mol. The smallest absolute Gasteiger partial charge is 0.197 e. The molecular formula is C11H14N2O2. The number of pyridine rings is 1. The number of rotatable bonds is 1. The van der Waals surface area contributed by atoms with Crippen molar-refractivity contribution in [1.29, 1.82) is 0 Å². The van der Waals surface area contributed by atoms with Gasteiger partial charge in [0.2, 0.25) is 0 Å². The topological polar surface area (TPSA) is 57.4 Å². The molecule has 15 heavy (non-hydrogen) atoms. The van der Waals surface area contributed by atoms with Crippen LogP contribution in [-0.2, 0) is 28.2 Å². The largest absolute Gasteiger partial charge is 0.343 e. The Morgan fingerprint density at radius 3 is 2.93 bits per heavy atom. The van der Waals surface area contributed by atoms with Crippen molar-refractivity contribution in [2.75, 3.05) is 13.2 Å². The van der Waals surface area contributed by atoms with E-state index in [1.807, 2.05) is 6.20 Å². The Balaban J connectivity index is 2.07. The van der Waals surface area contributed by atoms with Gasteiger partial charge in [-0.1, -0.05) is 0 Å². The third-order valence-electron chi connectivity index (χ3n) is 3.12. The first-order chi connectivity index (χ1) is 7.34. The van der Waals surface area contributed by atoms with Crippen molar-refractivity contribution in [3.63, 3.8) is 0 Å². The van der Waals surface area contributed by atoms with Crippen LogP contribution in [0.15, 0.2) is 12.3 Å². The van der Waals surface area contributed by atoms with Gasteiger partial charge in [-0.2, -0.15) is 0 Å². The highest BCUT2D eigenvalue weighted by atomic mass is 16.7. The number of fused-ring (bicyclic) bond motifs is 2. The number of hydrogen-bond donors (Lipinski definition) is 1. The fourth-order valence-electron chi connectivity index (χ4n) is 2.35. The van der Waals surface area contributed by atoms with E-state index < -0.39 is 5.79 Å². The van der Waals surface area contributed by atoms with E-state index >= 15 is 0 Å². The molecule has 1 fully saturated rings. The second-order valence-corrected chi connectivity index (χ2v) is 3.99. The van der Waals surface area contributed by atoms with Gasteiger partial charge in [0.05, 0.1) is 13.2 Å². The fraction of sp³-hybridized carbons (Fsp3) is 0.545. The Hall–Kier alpha value is -0.970. The number of nitrogens with zero attached hydrogens (tertiary/aromatic N) is 1. The van der Waals surface area contributed by atoms with Gasteiger partial charge in [-0.05, 0) is 18.1 Å². The number of nitrogens with two attached hydrogens (primary N) is 1. The molecule has 0 bridgehead atoms. The Kier molecular flexibility index (Phi) is 2.02. The molecule has 0 saturated carbocycles. The zero-order valence-corrected chi connectivity index (χ0v) is 8.53. The van der Waals surface area contributed by atoms with Gasteiger partial charge in [0.15, 0.2) is 5.79 Å². The first-order valence-corrected chi connectivity index (χ1v) is 5.30. The lowest BCUT2D eigenvalue weighted by molar-refractivity contribution is -0.163. The molecule has 2 heterocycles. The van der Waals surface area contributed by atoms with Gasteiger partial charge in [-0.15, -0.1) is 0 Å². The third kappa shape index (κ3) is 1.29. The summed E-state index contributed by atoms with van der Waals surface area (Å²) in [6, 6.07) is 2.07. The standard InChI is InChI=1S/C11H14N2O2/c12-6-8-5-9-10(13-7-8)1-2-11(9)14-3-4-15-11/h5,7H,1-4,6,12H2. The number of aromatic nitrogens is 1. The Morgan fingerprint density at radius 2 is 2.20 bits per heavy atom. The second kappa shape index (κ2) is 3.27. The van der Waals surface area contributed by atoms with Crippen LogP contribution in [0.25, 0.3) is 0 Å². The summed E-state index contributed by atoms with van der Waals surface area (Å²) in [4.78, 5) is 4.41. The second-order valence-electron chi connectivity index (χ2n) is 3.99. The van der Waals surface area contributed by atoms with Crippen molar-refractivity contribution in [1.82, 2.24) is 4.98 Å². The maximum Gasteiger partial charge on any atom is 0.197 e. The average molecular weight is 206 g/mol. The molecule has 1 aromatic rings. The zero-order valence-electron chi connectivity index (χ0n) is 8.53. The summed E-state index contributed by atoms with van der Waals surface area (Å²) >= 11 is 0. The van der Waals surface area contributed by atoms with Crippen LogP contribution in [0.2, 0.25) is 0 Å². The lowest BCUT2D eigenvalue weighted by Gasteiger charge is -2.22. The lowest BCUT2D eigenvalue weighted by Crippen LogP contribution is -2.23. The van der Waals surface area contributed by atoms with Crippen LogP contribution >= 0.6 is 0 Å². The van der Waals surface area contributed by atoms with Crippen LogP contribution in [0.1, 0.15) is 23.2 Å². The maximum absolute atomic E-state index is 5.72. The molecule has 0 aromatic carbocycles. The third-order valence-corrected chi connectivity index (χ3v) is 3.12. The summed E-state index contributed by atoms with van der Waals surface area (Å²) in [6.45, 7) is 1.86. The van der Waals surface area contributed by atoms with E-state index in [1.54, 1.807) is 0 Å². The highest BCUT2D eigenvalue weighted by Crippen LogP contribution is 2.42. The summed E-state index contributed by atoms with van der Waals surface area (Å²) in [5, 5.41) is 0. The minimum atomic E-state index is -0.506. The van der Waals surface area contributed by atoms with Crippen LogP contribution < -0.4 is 5.73 Å². The van der Waals surface area contributed by atoms with Crippen LogP contribution in [0.4, 0.5) is 0 Å². The normalized spacial score (nSPS) is 22.2. The van der Waals surface area contributed by atoms with Crippen molar-refractivity contribution in [3.05, 3.63) is 29.1 Å². The van der Waals surface area contributed by atoms with Crippen molar-refractivity contribution in [2.45, 2.75) is 25.2 Å². The SMILES string of the molecule is NCc1cnc2c(c1)C1(CC2)OCCO1. The molecule has 0 unspecified atom stereocenters. The molecule has 1 aromatic heterocycles. The van der Waals surface area contributed by atoms with E-state index in [9.17, 15) is 0 Å². The van der Waals surface area contributed by atoms with E-state index in [2.05, 4.69) is 11.1 Å². The van der Waals surface area contributed by atoms with Crippen molar-refractivity contribution in [3.8, 4) is 0 Å². The molecule has 2 N–H and O–H groups in total. The molecule has 0 atom stereocenters. The zero-order chi connectivity index (χ0) is 10.3. The Labute approximate surface area is 88.4 Å². The summed E-state index contributed by atoms with van der Waals surface area (Å²) in [5.74, 6) is -0.506. The van der Waals surface area contributed by atoms with Crippen LogP contribution in [0, 0.1) is 0 Å². The predicted octanol–water partition coefficient (Wildman–Crippen LogP) is 0.686. The summed E-state index contributed by atoms with van der Waals surface area (Å²) in [6.07, 6.45) is 3.65. The van der Waals surface area contributed by atoms with Crippen LogP contribution in [-0.4, -0.2) is 18.2 Å². The lowest BCUT2D eigenvalue weighted by atomic mass is 10.1. The van der Waals surface area contributed by atoms with Crippen molar-refractivity contribution in [2.24, 2.45) is 5.73 Å². The molecule has 0 amide bonds. The van der Waals surface area contributed by atoms with Gasteiger partial charge in [-0.3, -0.25) is 4.98 Å². The first-order valence-electron chi connectivity index (χ1n) is 5.30. The van der Waals surface area contributed by atoms with Gasteiger partial charge in [-0.25, -0.2) is 0 Å². The highest BCUT2D eigenvalue weighted by molar-refractivity contribution is 5.34. The number of aryl methyl sites for hydroxylation is 1. The van der Waals surface area contributed by atoms with Gasteiger partial charge in [0, 0.05) is 30.4 Å². The quantitative estimate of drug-likeness (QED) is 0.734. The molecule has 1 aliphatic heterocycles. The van der Waals surface area contributed by atoms with Crippen molar-refractivity contribution < 1.29 is 9.47 Å². The molecule has 2 aliphatic rings. The summed E-state index contributed by atoms with van der Waals surface area (Å²) < 4.78 is 11.4. The highest BCUT2D eigenvalue weighted by Gasteiger charge is 2.44. The number of hydrogen-bond acceptors (Lipinski definition) is 4. The molecule has 80 valence electrons. The first kappa shape index (κ1) is 9.27. The average Bonchev–Trinajstić information content (AvgIpc) is 2.89. The maximum atomic E-state index is 5.72. The van der Waals surface area contributed by atoms with E-state index in [1.165, 1.54) is 0 Å². The fourth-order valence-corrected chi connectivity index (χ4v) is 2.35. The molecule has 4 heteroatoms. The van der Waals surface area contributed by atoms with Crippen LogP contribution in [0.5, 0.6) is 0 Å². The van der Waals surface area contributed by atoms with E-state index in [0.717, 1.165) is 29.7 Å². The molecule has 4 nitrogen and oxygen atoms in total. The van der Waals surface area contributed by atoms with E-state index in [-0.39, 0.29) is 0 Å². The molecule has 0 radical (unpaired) electrons. The Morgan fingerprint density at radius 1 is 1.40 bits per heavy atom. The number of ether oxygens (including phenoxy) is 2. The summed E-state index contributed by atoms with van der Waals surface area (Å²) in [7, 11) is 0. The van der Waals surface area contributed by atoms with Gasteiger partial charge < -0.3 is 15.2 Å². The van der Waals surface area contributed by atoms with Gasteiger partial charge in [0.25, 0.3) is 0 Å². The predicted molar refractivity (Wildman–Crippen MR) is 54.0 cm³/mol. The van der Waals surface area contributed by atoms with Gasteiger partial charge >= 0.3 is 0 Å². The molecule has 1 spiro atoms. The molecular weight excluding hydrogens is 192 g/mol. The molecule has 1 saturated heterocycles. The minimum absolute atomic E-state index is 0.506. The summed E-state index contributed by atoms with van der Waals surface area (Å²) in [5.41, 5.74) is 8.82. The van der Waals surface area contributed by atoms with Crippen LogP contribution in [0.3, 0.4) is 0 Å². The minimum Gasteiger partial charge on any atom is -0.343 e. The van der Waals surface area contributed by atoms with Crippen molar-refractivity contribution >= 4 is 0 Å². The van der Waals surface area contributed by atoms with E-state index in [0.29, 0.717) is 19.8 Å². The molecule has 3 rings (SSSR count). The molecule has 1 aliphatic carbocycles. The van der Waals surface area contributed by atoms with Gasteiger partial charge in [0.1, 0.15) is 0 Å².